The largest absolute Gasteiger partial charge is 0.497 e. The van der Waals surface area contributed by atoms with Crippen LogP contribution in [0.3, 0.4) is 0 Å². The molecule has 0 spiro atoms. The van der Waals surface area contributed by atoms with Crippen LogP contribution >= 0.6 is 0 Å². The molecule has 0 amide bonds. The molecule has 0 unspecified atom stereocenters. The Morgan fingerprint density at radius 1 is 1.18 bits per heavy atom. The summed E-state index contributed by atoms with van der Waals surface area (Å²) >= 11 is 0. The number of carboxylic acid groups (broad SMARTS) is 1. The first-order valence-corrected chi connectivity index (χ1v) is 7.86. The Bertz CT molecular complexity index is 769. The zero-order valence-corrected chi connectivity index (χ0v) is 12.6. The lowest BCUT2D eigenvalue weighted by Gasteiger charge is -2.08. The van der Waals surface area contributed by atoms with E-state index in [1.165, 1.54) is 31.4 Å². The van der Waals surface area contributed by atoms with E-state index in [-0.39, 0.29) is 17.0 Å². The van der Waals surface area contributed by atoms with Gasteiger partial charge in [-0.2, -0.15) is 0 Å². The van der Waals surface area contributed by atoms with E-state index in [2.05, 4.69) is 4.72 Å². The van der Waals surface area contributed by atoms with Crippen LogP contribution in [0.5, 0.6) is 5.75 Å². The molecule has 22 heavy (non-hydrogen) atoms. The third-order valence-electron chi connectivity index (χ3n) is 3.02. The number of rotatable bonds is 6. The summed E-state index contributed by atoms with van der Waals surface area (Å²) in [6.07, 6.45) is 0. The highest BCUT2D eigenvalue weighted by molar-refractivity contribution is 7.89. The molecule has 2 N–H and O–H groups in total. The summed E-state index contributed by atoms with van der Waals surface area (Å²) in [7, 11) is -2.20. The molecule has 7 heteroatoms. The third kappa shape index (κ3) is 3.84. The van der Waals surface area contributed by atoms with Crippen LogP contribution in [0.25, 0.3) is 0 Å². The van der Waals surface area contributed by atoms with Crippen molar-refractivity contribution >= 4 is 16.0 Å². The van der Waals surface area contributed by atoms with Gasteiger partial charge in [0.15, 0.2) is 0 Å². The Hall–Kier alpha value is -2.38. The van der Waals surface area contributed by atoms with Gasteiger partial charge in [-0.15, -0.1) is 0 Å². The minimum absolute atomic E-state index is 0.0689. The highest BCUT2D eigenvalue weighted by Gasteiger charge is 2.14. The maximum Gasteiger partial charge on any atom is 0.335 e. The smallest absolute Gasteiger partial charge is 0.335 e. The van der Waals surface area contributed by atoms with Crippen molar-refractivity contribution in [1.82, 2.24) is 4.72 Å². The first-order valence-electron chi connectivity index (χ1n) is 6.38. The molecule has 0 radical (unpaired) electrons. The highest BCUT2D eigenvalue weighted by Crippen LogP contribution is 2.17. The summed E-state index contributed by atoms with van der Waals surface area (Å²) < 4.78 is 31.8. The average Bonchev–Trinajstić information content (AvgIpc) is 2.53. The standard InChI is InChI=1S/C15H15NO5S/c1-21-13-3-2-4-14(9-13)22(19,20)16-10-11-5-7-12(8-6-11)15(17)18/h2-9,16H,10H2,1H3,(H,17,18). The first-order chi connectivity index (χ1) is 10.4. The van der Waals surface area contributed by atoms with Gasteiger partial charge < -0.3 is 9.84 Å². The predicted molar refractivity (Wildman–Crippen MR) is 80.4 cm³/mol. The van der Waals surface area contributed by atoms with Crippen LogP contribution in [0.4, 0.5) is 0 Å². The van der Waals surface area contributed by atoms with Gasteiger partial charge in [-0.3, -0.25) is 0 Å². The normalized spacial score (nSPS) is 11.1. The molecule has 2 aromatic rings. The summed E-state index contributed by atoms with van der Waals surface area (Å²) in [5, 5.41) is 8.81. The van der Waals surface area contributed by atoms with Crippen molar-refractivity contribution in [1.29, 1.82) is 0 Å². The zero-order chi connectivity index (χ0) is 16.2. The summed E-state index contributed by atoms with van der Waals surface area (Å²) in [5.74, 6) is -0.572. The van der Waals surface area contributed by atoms with Crippen molar-refractivity contribution in [2.24, 2.45) is 0 Å². The quantitative estimate of drug-likeness (QED) is 0.847. The fourth-order valence-electron chi connectivity index (χ4n) is 1.80. The molecule has 0 bridgehead atoms. The molecule has 0 saturated heterocycles. The van der Waals surface area contributed by atoms with Crippen LogP contribution in [0, 0.1) is 0 Å². The number of nitrogens with one attached hydrogen (secondary N) is 1. The molecule has 0 fully saturated rings. The van der Waals surface area contributed by atoms with Crippen LogP contribution in [0.2, 0.25) is 0 Å². The van der Waals surface area contributed by atoms with Crippen molar-refractivity contribution in [2.75, 3.05) is 7.11 Å². The highest BCUT2D eigenvalue weighted by atomic mass is 32.2. The second-order valence-corrected chi connectivity index (χ2v) is 6.27. The van der Waals surface area contributed by atoms with E-state index in [0.717, 1.165) is 0 Å². The fraction of sp³-hybridized carbons (Fsp3) is 0.133. The van der Waals surface area contributed by atoms with Crippen molar-refractivity contribution < 1.29 is 23.1 Å². The molecule has 6 nitrogen and oxygen atoms in total. The van der Waals surface area contributed by atoms with Crippen molar-refractivity contribution in [2.45, 2.75) is 11.4 Å². The predicted octanol–water partition coefficient (Wildman–Crippen LogP) is 1.87. The Balaban J connectivity index is 2.10. The molecule has 0 aliphatic heterocycles. The lowest BCUT2D eigenvalue weighted by molar-refractivity contribution is 0.0697. The molecular weight excluding hydrogens is 306 g/mol. The minimum Gasteiger partial charge on any atom is -0.497 e. The number of sulfonamides is 1. The molecule has 0 aliphatic carbocycles. The number of hydrogen-bond donors (Lipinski definition) is 2. The molecule has 0 atom stereocenters. The molecule has 0 heterocycles. The maximum absolute atomic E-state index is 12.2. The summed E-state index contributed by atoms with van der Waals surface area (Å²) in [6.45, 7) is 0.0689. The van der Waals surface area contributed by atoms with E-state index >= 15 is 0 Å². The van der Waals surface area contributed by atoms with E-state index < -0.39 is 16.0 Å². The van der Waals surface area contributed by atoms with E-state index in [0.29, 0.717) is 11.3 Å². The third-order valence-corrected chi connectivity index (χ3v) is 4.42. The average molecular weight is 321 g/mol. The molecule has 2 rings (SSSR count). The topological polar surface area (TPSA) is 92.7 Å². The Morgan fingerprint density at radius 3 is 2.45 bits per heavy atom. The van der Waals surface area contributed by atoms with Gasteiger partial charge in [0.25, 0.3) is 0 Å². The molecule has 2 aromatic carbocycles. The van der Waals surface area contributed by atoms with Gasteiger partial charge >= 0.3 is 5.97 Å². The maximum atomic E-state index is 12.2. The molecule has 0 saturated carbocycles. The Morgan fingerprint density at radius 2 is 1.86 bits per heavy atom. The van der Waals surface area contributed by atoms with Crippen LogP contribution in [-0.4, -0.2) is 26.6 Å². The number of carbonyl (C=O) groups is 1. The van der Waals surface area contributed by atoms with Crippen LogP contribution in [0.1, 0.15) is 15.9 Å². The second kappa shape index (κ2) is 6.59. The lowest BCUT2D eigenvalue weighted by atomic mass is 10.1. The second-order valence-electron chi connectivity index (χ2n) is 4.51. The zero-order valence-electron chi connectivity index (χ0n) is 11.8. The van der Waals surface area contributed by atoms with Gasteiger partial charge in [0.05, 0.1) is 17.6 Å². The van der Waals surface area contributed by atoms with Crippen molar-refractivity contribution in [3.05, 3.63) is 59.7 Å². The summed E-state index contributed by atoms with van der Waals surface area (Å²) in [6, 6.07) is 12.1. The van der Waals surface area contributed by atoms with Gasteiger partial charge in [-0.1, -0.05) is 18.2 Å². The first kappa shape index (κ1) is 16.0. The van der Waals surface area contributed by atoms with Gasteiger partial charge in [-0.25, -0.2) is 17.9 Å². The summed E-state index contributed by atoms with van der Waals surface area (Å²) in [5.41, 5.74) is 0.816. The van der Waals surface area contributed by atoms with Crippen LogP contribution in [0.15, 0.2) is 53.4 Å². The van der Waals surface area contributed by atoms with Crippen LogP contribution in [-0.2, 0) is 16.6 Å². The monoisotopic (exact) mass is 321 g/mol. The van der Waals surface area contributed by atoms with Gasteiger partial charge in [0.2, 0.25) is 10.0 Å². The van der Waals surface area contributed by atoms with Crippen molar-refractivity contribution in [3.8, 4) is 5.75 Å². The lowest BCUT2D eigenvalue weighted by Crippen LogP contribution is -2.23. The number of methoxy groups -OCH3 is 1. The van der Waals surface area contributed by atoms with E-state index in [1.807, 2.05) is 0 Å². The number of hydrogen-bond acceptors (Lipinski definition) is 4. The molecule has 116 valence electrons. The number of benzene rings is 2. The number of carboxylic acids is 1. The SMILES string of the molecule is COc1cccc(S(=O)(=O)NCc2ccc(C(=O)O)cc2)c1. The number of ether oxygens (including phenoxy) is 1. The van der Waals surface area contributed by atoms with Gasteiger partial charge in [-0.05, 0) is 29.8 Å². The van der Waals surface area contributed by atoms with E-state index in [9.17, 15) is 13.2 Å². The minimum atomic E-state index is -3.66. The van der Waals surface area contributed by atoms with Gasteiger partial charge in [0.1, 0.15) is 5.75 Å². The fourth-order valence-corrected chi connectivity index (χ4v) is 2.85. The number of aromatic carboxylic acids is 1. The van der Waals surface area contributed by atoms with Crippen molar-refractivity contribution in [3.63, 3.8) is 0 Å². The Kier molecular flexibility index (Phi) is 4.79. The molecular formula is C15H15NO5S. The van der Waals surface area contributed by atoms with E-state index in [4.69, 9.17) is 9.84 Å². The summed E-state index contributed by atoms with van der Waals surface area (Å²) in [4.78, 5) is 10.9. The van der Waals surface area contributed by atoms with E-state index in [1.54, 1.807) is 24.3 Å². The van der Waals surface area contributed by atoms with Gasteiger partial charge in [0, 0.05) is 12.6 Å². The molecule has 0 aliphatic rings. The van der Waals surface area contributed by atoms with Crippen LogP contribution < -0.4 is 9.46 Å². The Labute approximate surface area is 128 Å². The molecule has 0 aromatic heterocycles.